The first-order valence-electron chi connectivity index (χ1n) is 6.12. The fourth-order valence-electron chi connectivity index (χ4n) is 2.22. The first-order valence-corrected chi connectivity index (χ1v) is 6.92. The van der Waals surface area contributed by atoms with E-state index in [1.54, 1.807) is 0 Å². The van der Waals surface area contributed by atoms with Crippen LogP contribution in [0.3, 0.4) is 0 Å². The van der Waals surface area contributed by atoms with E-state index in [1.807, 2.05) is 0 Å². The Morgan fingerprint density at radius 1 is 0.889 bits per heavy atom. The summed E-state index contributed by atoms with van der Waals surface area (Å²) in [4.78, 5) is 3.48. The van der Waals surface area contributed by atoms with Crippen LogP contribution in [0.25, 0.3) is 10.9 Å². The topological polar surface area (TPSA) is 15.8 Å². The molecule has 0 radical (unpaired) electrons. The van der Waals surface area contributed by atoms with E-state index in [1.165, 1.54) is 22.2 Å². The summed E-state index contributed by atoms with van der Waals surface area (Å²) in [6, 6.07) is 19.2. The van der Waals surface area contributed by atoms with Gasteiger partial charge in [0.2, 0.25) is 0 Å². The van der Waals surface area contributed by atoms with Crippen LogP contribution in [0.15, 0.2) is 59.1 Å². The maximum atomic E-state index is 3.50. The van der Waals surface area contributed by atoms with Gasteiger partial charge in [-0.25, -0.2) is 0 Å². The van der Waals surface area contributed by atoms with E-state index in [0.717, 1.165) is 17.3 Å². The van der Waals surface area contributed by atoms with Gasteiger partial charge in [-0.05, 0) is 42.0 Å². The number of aryl methyl sites for hydroxylation is 2. The molecule has 0 unspecified atom stereocenters. The molecule has 3 rings (SSSR count). The lowest BCUT2D eigenvalue weighted by Gasteiger charge is -1.98. The smallest absolute Gasteiger partial charge is 0.0467 e. The summed E-state index contributed by atoms with van der Waals surface area (Å²) in [5.41, 5.74) is 3.89. The number of nitrogens with one attached hydrogen (secondary N) is 1. The Bertz CT molecular complexity index is 655. The number of benzene rings is 2. The minimum absolute atomic E-state index is 1.05. The molecule has 0 atom stereocenters. The number of halogens is 1. The minimum atomic E-state index is 1.05. The predicted octanol–water partition coefficient (Wildman–Crippen LogP) is 4.72. The molecular formula is C16H14BrN. The average molecular weight is 300 g/mol. The molecule has 18 heavy (non-hydrogen) atoms. The molecule has 0 spiro atoms. The van der Waals surface area contributed by atoms with Crippen molar-refractivity contribution in [2.75, 3.05) is 0 Å². The number of hydrogen-bond donors (Lipinski definition) is 1. The summed E-state index contributed by atoms with van der Waals surface area (Å²) < 4.78 is 1.12. The maximum Gasteiger partial charge on any atom is 0.0467 e. The number of rotatable bonds is 3. The van der Waals surface area contributed by atoms with Crippen molar-refractivity contribution in [2.24, 2.45) is 0 Å². The predicted molar refractivity (Wildman–Crippen MR) is 79.8 cm³/mol. The van der Waals surface area contributed by atoms with E-state index in [0.29, 0.717) is 0 Å². The lowest BCUT2D eigenvalue weighted by molar-refractivity contribution is 0.930. The van der Waals surface area contributed by atoms with Gasteiger partial charge in [0.15, 0.2) is 0 Å². The molecule has 1 aromatic heterocycles. The zero-order valence-corrected chi connectivity index (χ0v) is 11.6. The summed E-state index contributed by atoms with van der Waals surface area (Å²) >= 11 is 3.50. The molecular weight excluding hydrogens is 286 g/mol. The van der Waals surface area contributed by atoms with Crippen molar-refractivity contribution >= 4 is 26.8 Å². The number of aromatic nitrogens is 1. The minimum Gasteiger partial charge on any atom is -0.358 e. The molecule has 90 valence electrons. The molecule has 0 bridgehead atoms. The Morgan fingerprint density at radius 2 is 1.72 bits per heavy atom. The van der Waals surface area contributed by atoms with Crippen LogP contribution in [0.2, 0.25) is 0 Å². The number of aromatic amines is 1. The Morgan fingerprint density at radius 3 is 2.56 bits per heavy atom. The van der Waals surface area contributed by atoms with Crippen LogP contribution in [-0.2, 0) is 12.8 Å². The Balaban J connectivity index is 1.79. The van der Waals surface area contributed by atoms with Crippen molar-refractivity contribution in [1.82, 2.24) is 4.98 Å². The molecule has 0 aliphatic heterocycles. The summed E-state index contributed by atoms with van der Waals surface area (Å²) in [5.74, 6) is 0. The van der Waals surface area contributed by atoms with Crippen LogP contribution in [0.4, 0.5) is 0 Å². The molecule has 0 saturated carbocycles. The van der Waals surface area contributed by atoms with Gasteiger partial charge >= 0.3 is 0 Å². The van der Waals surface area contributed by atoms with Gasteiger partial charge < -0.3 is 4.98 Å². The number of hydrogen-bond acceptors (Lipinski definition) is 0. The third-order valence-electron chi connectivity index (χ3n) is 3.17. The highest BCUT2D eigenvalue weighted by Gasteiger charge is 2.01. The second kappa shape index (κ2) is 4.99. The molecule has 0 fully saturated rings. The van der Waals surface area contributed by atoms with E-state index in [4.69, 9.17) is 0 Å². The van der Waals surface area contributed by atoms with Crippen molar-refractivity contribution in [3.05, 3.63) is 70.3 Å². The molecule has 0 aliphatic rings. The van der Waals surface area contributed by atoms with E-state index in [2.05, 4.69) is 75.5 Å². The summed E-state index contributed by atoms with van der Waals surface area (Å²) in [6.45, 7) is 0. The molecule has 0 aliphatic carbocycles. The van der Waals surface area contributed by atoms with Gasteiger partial charge in [0.1, 0.15) is 0 Å². The quantitative estimate of drug-likeness (QED) is 0.720. The van der Waals surface area contributed by atoms with Crippen molar-refractivity contribution in [3.8, 4) is 0 Å². The van der Waals surface area contributed by atoms with Crippen LogP contribution < -0.4 is 0 Å². The van der Waals surface area contributed by atoms with Crippen LogP contribution in [0, 0.1) is 0 Å². The average Bonchev–Trinajstić information content (AvgIpc) is 2.79. The number of H-pyrrole nitrogens is 1. The summed E-state index contributed by atoms with van der Waals surface area (Å²) in [5, 5.41) is 1.28. The van der Waals surface area contributed by atoms with E-state index in [-0.39, 0.29) is 0 Å². The molecule has 0 amide bonds. The zero-order chi connectivity index (χ0) is 12.4. The molecule has 1 N–H and O–H groups in total. The fraction of sp³-hybridized carbons (Fsp3) is 0.125. The standard InChI is InChI=1S/C16H14BrN/c17-14-8-7-13-10-15(18-16(13)11-14)9-6-12-4-2-1-3-5-12/h1-5,7-8,10-11,18H,6,9H2. The van der Waals surface area contributed by atoms with Gasteiger partial charge in [-0.2, -0.15) is 0 Å². The summed E-state index contributed by atoms with van der Waals surface area (Å²) in [7, 11) is 0. The largest absolute Gasteiger partial charge is 0.358 e. The zero-order valence-electron chi connectivity index (χ0n) is 9.99. The van der Waals surface area contributed by atoms with Crippen molar-refractivity contribution < 1.29 is 0 Å². The first kappa shape index (κ1) is 11.5. The third kappa shape index (κ3) is 2.49. The van der Waals surface area contributed by atoms with Crippen molar-refractivity contribution in [3.63, 3.8) is 0 Å². The van der Waals surface area contributed by atoms with Crippen LogP contribution in [0.5, 0.6) is 0 Å². The van der Waals surface area contributed by atoms with Crippen LogP contribution in [-0.4, -0.2) is 4.98 Å². The van der Waals surface area contributed by atoms with E-state index < -0.39 is 0 Å². The van der Waals surface area contributed by atoms with Gasteiger partial charge in [-0.15, -0.1) is 0 Å². The van der Waals surface area contributed by atoms with Crippen LogP contribution >= 0.6 is 15.9 Å². The number of fused-ring (bicyclic) bond motifs is 1. The molecule has 0 saturated heterocycles. The fourth-order valence-corrected chi connectivity index (χ4v) is 2.58. The Hall–Kier alpha value is -1.54. The highest BCUT2D eigenvalue weighted by Crippen LogP contribution is 2.21. The lowest BCUT2D eigenvalue weighted by Crippen LogP contribution is -1.90. The molecule has 3 aromatic rings. The monoisotopic (exact) mass is 299 g/mol. The van der Waals surface area contributed by atoms with Crippen LogP contribution in [0.1, 0.15) is 11.3 Å². The van der Waals surface area contributed by atoms with Gasteiger partial charge in [-0.3, -0.25) is 0 Å². The van der Waals surface area contributed by atoms with Gasteiger partial charge in [0, 0.05) is 15.7 Å². The van der Waals surface area contributed by atoms with Crippen molar-refractivity contribution in [2.45, 2.75) is 12.8 Å². The normalized spacial score (nSPS) is 10.9. The van der Waals surface area contributed by atoms with Gasteiger partial charge in [0.05, 0.1) is 0 Å². The van der Waals surface area contributed by atoms with E-state index in [9.17, 15) is 0 Å². The first-order chi connectivity index (χ1) is 8.81. The Labute approximate surface area is 115 Å². The van der Waals surface area contributed by atoms with Crippen molar-refractivity contribution in [1.29, 1.82) is 0 Å². The van der Waals surface area contributed by atoms with E-state index >= 15 is 0 Å². The highest BCUT2D eigenvalue weighted by molar-refractivity contribution is 9.10. The lowest BCUT2D eigenvalue weighted by atomic mass is 10.1. The molecule has 2 heteroatoms. The molecule has 2 aromatic carbocycles. The summed E-state index contributed by atoms with van der Waals surface area (Å²) in [6.07, 6.45) is 2.13. The maximum absolute atomic E-state index is 3.50. The Kier molecular flexibility index (Phi) is 3.20. The third-order valence-corrected chi connectivity index (χ3v) is 3.66. The molecule has 1 nitrogen and oxygen atoms in total. The second-order valence-corrected chi connectivity index (χ2v) is 5.43. The highest BCUT2D eigenvalue weighted by atomic mass is 79.9. The van der Waals surface area contributed by atoms with Gasteiger partial charge in [-0.1, -0.05) is 52.3 Å². The van der Waals surface area contributed by atoms with Gasteiger partial charge in [0.25, 0.3) is 0 Å². The molecule has 1 heterocycles. The SMILES string of the molecule is Brc1ccc2cc(CCc3ccccc3)[nH]c2c1. The second-order valence-electron chi connectivity index (χ2n) is 4.51.